The van der Waals surface area contributed by atoms with E-state index in [-0.39, 0.29) is 26.2 Å². The highest BCUT2D eigenvalue weighted by atomic mass is 79.9. The van der Waals surface area contributed by atoms with Crippen LogP contribution in [0.5, 0.6) is 0 Å². The molecule has 0 saturated heterocycles. The zero-order valence-electron chi connectivity index (χ0n) is 9.64. The number of nitrogens with two attached hydrogens (primary N) is 1. The highest BCUT2D eigenvalue weighted by molar-refractivity contribution is 9.10. The molecule has 0 aliphatic carbocycles. The number of aromatic nitrogens is 2. The van der Waals surface area contributed by atoms with Crippen molar-refractivity contribution in [3.8, 4) is 0 Å². The van der Waals surface area contributed by atoms with Crippen molar-refractivity contribution in [3.63, 3.8) is 0 Å². The Balaban J connectivity index is 2.43. The molecule has 1 heterocycles. The molecule has 0 radical (unpaired) electrons. The molecule has 3 N–H and O–H groups in total. The van der Waals surface area contributed by atoms with Crippen molar-refractivity contribution >= 4 is 49.1 Å². The number of sulfonamides is 1. The lowest BCUT2D eigenvalue weighted by molar-refractivity contribution is 0.599. The predicted octanol–water partition coefficient (Wildman–Crippen LogP) is 2.41. The van der Waals surface area contributed by atoms with Gasteiger partial charge in [0.05, 0.1) is 10.2 Å². The van der Waals surface area contributed by atoms with Crippen molar-refractivity contribution in [3.05, 3.63) is 40.0 Å². The number of nitrogens with one attached hydrogen (secondary N) is 1. The molecule has 0 amide bonds. The molecule has 0 aliphatic heterocycles. The molecule has 0 saturated carbocycles. The summed E-state index contributed by atoms with van der Waals surface area (Å²) >= 11 is 8.46. The van der Waals surface area contributed by atoms with Gasteiger partial charge < -0.3 is 5.73 Å². The first-order valence-electron chi connectivity index (χ1n) is 5.05. The molecule has 0 fully saturated rings. The Morgan fingerprint density at radius 1 is 1.40 bits per heavy atom. The number of benzene rings is 1. The minimum absolute atomic E-state index is 0.0206. The Kier molecular flexibility index (Phi) is 4.11. The van der Waals surface area contributed by atoms with Crippen LogP contribution in [0.25, 0.3) is 0 Å². The van der Waals surface area contributed by atoms with Crippen LogP contribution in [0.2, 0.25) is 5.28 Å². The Labute approximate surface area is 127 Å². The monoisotopic (exact) mass is 380 g/mol. The zero-order valence-corrected chi connectivity index (χ0v) is 12.8. The Morgan fingerprint density at radius 2 is 2.10 bits per heavy atom. The molecule has 0 spiro atoms. The number of rotatable bonds is 3. The van der Waals surface area contributed by atoms with Crippen LogP contribution < -0.4 is 10.5 Å². The summed E-state index contributed by atoms with van der Waals surface area (Å²) in [5.74, 6) is -0.684. The first-order chi connectivity index (χ1) is 9.29. The van der Waals surface area contributed by atoms with Gasteiger partial charge >= 0.3 is 0 Å². The van der Waals surface area contributed by atoms with Crippen LogP contribution in [0.4, 0.5) is 15.9 Å². The van der Waals surface area contributed by atoms with E-state index in [1.807, 2.05) is 0 Å². The second-order valence-electron chi connectivity index (χ2n) is 3.62. The van der Waals surface area contributed by atoms with Crippen LogP contribution in [-0.2, 0) is 10.0 Å². The summed E-state index contributed by atoms with van der Waals surface area (Å²) in [6, 6.07) is 3.29. The van der Waals surface area contributed by atoms with Crippen LogP contribution in [0, 0.1) is 5.82 Å². The van der Waals surface area contributed by atoms with Gasteiger partial charge in [0.2, 0.25) is 5.28 Å². The first-order valence-corrected chi connectivity index (χ1v) is 7.71. The molecule has 0 aliphatic rings. The number of hydrogen-bond acceptors (Lipinski definition) is 5. The molecule has 0 bridgehead atoms. The fourth-order valence-corrected chi connectivity index (χ4v) is 3.14. The van der Waals surface area contributed by atoms with Crippen molar-refractivity contribution in [1.29, 1.82) is 0 Å². The number of anilines is 2. The minimum Gasteiger partial charge on any atom is -0.398 e. The first kappa shape index (κ1) is 14.9. The van der Waals surface area contributed by atoms with Crippen LogP contribution in [0.3, 0.4) is 0 Å². The third kappa shape index (κ3) is 3.17. The summed E-state index contributed by atoms with van der Waals surface area (Å²) < 4.78 is 39.7. The molecule has 1 aromatic carbocycles. The molecular weight excluding hydrogens is 375 g/mol. The van der Waals surface area contributed by atoms with Gasteiger partial charge in [-0.1, -0.05) is 0 Å². The summed E-state index contributed by atoms with van der Waals surface area (Å²) in [6.45, 7) is 0. The predicted molar refractivity (Wildman–Crippen MR) is 76.4 cm³/mol. The molecule has 1 aromatic heterocycles. The van der Waals surface area contributed by atoms with Gasteiger partial charge in [-0.05, 0) is 45.7 Å². The van der Waals surface area contributed by atoms with Gasteiger partial charge in [-0.2, -0.15) is 4.98 Å². The van der Waals surface area contributed by atoms with Gasteiger partial charge in [0.1, 0.15) is 16.5 Å². The Hall–Kier alpha value is -1.45. The minimum atomic E-state index is -4.02. The van der Waals surface area contributed by atoms with Crippen molar-refractivity contribution in [2.45, 2.75) is 4.90 Å². The van der Waals surface area contributed by atoms with Gasteiger partial charge in [0.15, 0.2) is 0 Å². The molecule has 10 heteroatoms. The quantitative estimate of drug-likeness (QED) is 0.628. The summed E-state index contributed by atoms with van der Waals surface area (Å²) in [7, 11) is -4.02. The van der Waals surface area contributed by atoms with Crippen LogP contribution >= 0.6 is 27.5 Å². The maximum atomic E-state index is 13.2. The standard InChI is InChI=1S/C10H7BrClFN4O2S/c11-5-3-8(7(14)4-6(5)13)20(18,19)17-9-1-2-15-10(12)16-9/h1-4H,14H2,(H,15,16,17). The fourth-order valence-electron chi connectivity index (χ4n) is 1.36. The Morgan fingerprint density at radius 3 is 2.75 bits per heavy atom. The lowest BCUT2D eigenvalue weighted by Crippen LogP contribution is -2.16. The number of nitrogen functional groups attached to an aromatic ring is 1. The van der Waals surface area contributed by atoms with Crippen molar-refractivity contribution in [1.82, 2.24) is 9.97 Å². The van der Waals surface area contributed by atoms with E-state index >= 15 is 0 Å². The van der Waals surface area contributed by atoms with Crippen molar-refractivity contribution in [2.24, 2.45) is 0 Å². The lowest BCUT2D eigenvalue weighted by Gasteiger charge is -2.10. The molecule has 6 nitrogen and oxygen atoms in total. The molecule has 2 aromatic rings. The average Bonchev–Trinajstić information content (AvgIpc) is 2.33. The maximum absolute atomic E-state index is 13.2. The van der Waals surface area contributed by atoms with Crippen LogP contribution in [0.1, 0.15) is 0 Å². The van der Waals surface area contributed by atoms with E-state index in [1.165, 1.54) is 12.3 Å². The van der Waals surface area contributed by atoms with Gasteiger partial charge in [-0.15, -0.1) is 0 Å². The highest BCUT2D eigenvalue weighted by Gasteiger charge is 2.20. The topological polar surface area (TPSA) is 98.0 Å². The second-order valence-corrected chi connectivity index (χ2v) is 6.46. The molecule has 0 unspecified atom stereocenters. The van der Waals surface area contributed by atoms with E-state index in [4.69, 9.17) is 17.3 Å². The van der Waals surface area contributed by atoms with Crippen LogP contribution in [0.15, 0.2) is 33.8 Å². The van der Waals surface area contributed by atoms with Gasteiger partial charge in [-0.25, -0.2) is 17.8 Å². The largest absolute Gasteiger partial charge is 0.398 e. The number of halogens is 3. The zero-order chi connectivity index (χ0) is 14.9. The van der Waals surface area contributed by atoms with Gasteiger partial charge in [0, 0.05) is 6.20 Å². The van der Waals surface area contributed by atoms with Crippen molar-refractivity contribution in [2.75, 3.05) is 10.5 Å². The summed E-state index contributed by atoms with van der Waals surface area (Å²) in [5, 5.41) is -0.113. The van der Waals surface area contributed by atoms with E-state index < -0.39 is 15.8 Å². The smallest absolute Gasteiger partial charge is 0.265 e. The molecule has 20 heavy (non-hydrogen) atoms. The van der Waals surface area contributed by atoms with Crippen molar-refractivity contribution < 1.29 is 12.8 Å². The summed E-state index contributed by atoms with van der Waals surface area (Å²) in [4.78, 5) is 7.04. The lowest BCUT2D eigenvalue weighted by atomic mass is 10.3. The normalized spacial score (nSPS) is 11.3. The molecule has 106 valence electrons. The summed E-state index contributed by atoms with van der Waals surface area (Å²) in [5.41, 5.74) is 5.30. The second kappa shape index (κ2) is 5.51. The van der Waals surface area contributed by atoms with E-state index in [0.717, 1.165) is 12.1 Å². The molecule has 2 rings (SSSR count). The van der Waals surface area contributed by atoms with Gasteiger partial charge in [0.25, 0.3) is 10.0 Å². The molecular formula is C10H7BrClFN4O2S. The summed E-state index contributed by atoms with van der Waals surface area (Å²) in [6.07, 6.45) is 1.29. The number of hydrogen-bond donors (Lipinski definition) is 2. The highest BCUT2D eigenvalue weighted by Crippen LogP contribution is 2.27. The Bertz CT molecular complexity index is 772. The molecule has 0 atom stereocenters. The van der Waals surface area contributed by atoms with Crippen LogP contribution in [-0.4, -0.2) is 18.4 Å². The third-order valence-electron chi connectivity index (χ3n) is 2.21. The average molecular weight is 382 g/mol. The fraction of sp³-hybridized carbons (Fsp3) is 0. The van der Waals surface area contributed by atoms with E-state index in [2.05, 4.69) is 30.6 Å². The number of nitrogens with zero attached hydrogens (tertiary/aromatic N) is 2. The van der Waals surface area contributed by atoms with E-state index in [0.29, 0.717) is 0 Å². The van der Waals surface area contributed by atoms with E-state index in [1.54, 1.807) is 0 Å². The SMILES string of the molecule is Nc1cc(F)c(Br)cc1S(=O)(=O)Nc1ccnc(Cl)n1. The third-order valence-corrected chi connectivity index (χ3v) is 4.41. The maximum Gasteiger partial charge on any atom is 0.265 e. The van der Waals surface area contributed by atoms with Gasteiger partial charge in [-0.3, -0.25) is 4.72 Å². The van der Waals surface area contributed by atoms with E-state index in [9.17, 15) is 12.8 Å².